The number of aromatic nitrogens is 4. The number of halogens is 1. The van der Waals surface area contributed by atoms with Crippen molar-refractivity contribution in [2.24, 2.45) is 11.7 Å². The van der Waals surface area contributed by atoms with E-state index in [0.29, 0.717) is 11.5 Å². The molecule has 0 saturated carbocycles. The van der Waals surface area contributed by atoms with E-state index in [0.717, 1.165) is 11.3 Å². The highest BCUT2D eigenvalue weighted by molar-refractivity contribution is 5.60. The summed E-state index contributed by atoms with van der Waals surface area (Å²) in [6, 6.07) is 9.63. The second kappa shape index (κ2) is 5.21. The van der Waals surface area contributed by atoms with Crippen molar-refractivity contribution in [2.75, 3.05) is 0 Å². The van der Waals surface area contributed by atoms with Crippen LogP contribution < -0.4 is 5.73 Å². The smallest absolute Gasteiger partial charge is 0.178 e. The van der Waals surface area contributed by atoms with Gasteiger partial charge in [-0.25, -0.2) is 4.39 Å². The Morgan fingerprint density at radius 3 is 2.43 bits per heavy atom. The van der Waals surface area contributed by atoms with Crippen LogP contribution in [0.5, 0.6) is 0 Å². The summed E-state index contributed by atoms with van der Waals surface area (Å²) in [4.78, 5) is 0. The molecule has 0 aliphatic carbocycles. The molecule has 1 aromatic carbocycles. The number of nitrogens with two attached hydrogens (primary N) is 1. The van der Waals surface area contributed by atoms with Crippen LogP contribution in [-0.2, 0) is 0 Å². The summed E-state index contributed by atoms with van der Waals surface area (Å²) in [7, 11) is 0. The predicted octanol–water partition coefficient (Wildman–Crippen LogP) is 2.59. The normalized spacial score (nSPS) is 13.0. The average molecular weight is 285 g/mol. The molecule has 1 atom stereocenters. The number of hydrogen-bond donors (Lipinski definition) is 1. The van der Waals surface area contributed by atoms with E-state index in [9.17, 15) is 4.39 Å². The Bertz CT molecular complexity index is 763. The molecule has 3 rings (SSSR count). The lowest BCUT2D eigenvalue weighted by atomic mass is 10.1. The van der Waals surface area contributed by atoms with E-state index in [4.69, 9.17) is 5.73 Å². The first kappa shape index (κ1) is 13.6. The molecule has 0 radical (unpaired) electrons. The maximum atomic E-state index is 13.0. The molecule has 0 amide bonds. The van der Waals surface area contributed by atoms with Crippen LogP contribution in [0.15, 0.2) is 36.4 Å². The molecule has 3 aromatic rings. The van der Waals surface area contributed by atoms with Crippen LogP contribution >= 0.6 is 0 Å². The number of hydrogen-bond acceptors (Lipinski definition) is 4. The number of rotatable bonds is 3. The van der Waals surface area contributed by atoms with Crippen molar-refractivity contribution in [2.45, 2.75) is 19.9 Å². The first-order valence-corrected chi connectivity index (χ1v) is 6.80. The van der Waals surface area contributed by atoms with E-state index in [-0.39, 0.29) is 17.8 Å². The zero-order chi connectivity index (χ0) is 15.0. The number of nitrogens with zero attached hydrogens (tertiary/aromatic N) is 4. The minimum absolute atomic E-state index is 0.230. The molecule has 21 heavy (non-hydrogen) atoms. The van der Waals surface area contributed by atoms with Crippen molar-refractivity contribution in [3.8, 4) is 11.3 Å². The van der Waals surface area contributed by atoms with Crippen LogP contribution in [-0.4, -0.2) is 19.8 Å². The number of fused-ring (bicyclic) bond motifs is 1. The molecular formula is C15H16FN5. The quantitative estimate of drug-likeness (QED) is 0.803. The fraction of sp³-hybridized carbons (Fsp3) is 0.267. The molecule has 0 spiro atoms. The monoisotopic (exact) mass is 285 g/mol. The Hall–Kier alpha value is -2.34. The van der Waals surface area contributed by atoms with Crippen molar-refractivity contribution in [3.63, 3.8) is 0 Å². The lowest BCUT2D eigenvalue weighted by Crippen LogP contribution is -2.20. The third kappa shape index (κ3) is 2.50. The Kier molecular flexibility index (Phi) is 3.39. The zero-order valence-corrected chi connectivity index (χ0v) is 11.9. The molecule has 6 heteroatoms. The van der Waals surface area contributed by atoms with Crippen LogP contribution in [0.4, 0.5) is 4.39 Å². The molecule has 0 saturated heterocycles. The topological polar surface area (TPSA) is 69.1 Å². The van der Waals surface area contributed by atoms with Crippen molar-refractivity contribution < 1.29 is 4.39 Å². The SMILES string of the molecule is CC(C)[C@@H](N)c1nnc2ccc(-c3ccc(F)cc3)nn12. The van der Waals surface area contributed by atoms with Crippen molar-refractivity contribution in [1.29, 1.82) is 0 Å². The third-order valence-electron chi connectivity index (χ3n) is 3.44. The minimum Gasteiger partial charge on any atom is -0.321 e. The Morgan fingerprint density at radius 2 is 1.76 bits per heavy atom. The summed E-state index contributed by atoms with van der Waals surface area (Å²) in [6.45, 7) is 4.05. The molecule has 0 unspecified atom stereocenters. The Morgan fingerprint density at radius 1 is 1.05 bits per heavy atom. The van der Waals surface area contributed by atoms with Gasteiger partial charge in [0.15, 0.2) is 11.5 Å². The molecule has 0 bridgehead atoms. The Balaban J connectivity index is 2.10. The molecule has 0 fully saturated rings. The van der Waals surface area contributed by atoms with E-state index >= 15 is 0 Å². The van der Waals surface area contributed by atoms with Crippen LogP contribution in [0.2, 0.25) is 0 Å². The highest BCUT2D eigenvalue weighted by atomic mass is 19.1. The van der Waals surface area contributed by atoms with Gasteiger partial charge in [-0.2, -0.15) is 9.61 Å². The van der Waals surface area contributed by atoms with E-state index in [1.807, 2.05) is 26.0 Å². The van der Waals surface area contributed by atoms with Gasteiger partial charge >= 0.3 is 0 Å². The Labute approximate surface area is 121 Å². The van der Waals surface area contributed by atoms with Gasteiger partial charge < -0.3 is 5.73 Å². The summed E-state index contributed by atoms with van der Waals surface area (Å²) in [5, 5.41) is 12.7. The second-order valence-corrected chi connectivity index (χ2v) is 5.32. The molecule has 2 aromatic heterocycles. The van der Waals surface area contributed by atoms with Gasteiger partial charge in [0, 0.05) is 5.56 Å². The maximum absolute atomic E-state index is 13.0. The van der Waals surface area contributed by atoms with E-state index < -0.39 is 0 Å². The van der Waals surface area contributed by atoms with Crippen LogP contribution in [0.3, 0.4) is 0 Å². The van der Waals surface area contributed by atoms with Gasteiger partial charge in [0.2, 0.25) is 0 Å². The highest BCUT2D eigenvalue weighted by Crippen LogP contribution is 2.21. The molecular weight excluding hydrogens is 269 g/mol. The molecule has 108 valence electrons. The van der Waals surface area contributed by atoms with Crippen LogP contribution in [0.25, 0.3) is 16.9 Å². The second-order valence-electron chi connectivity index (χ2n) is 5.32. The molecule has 2 heterocycles. The summed E-state index contributed by atoms with van der Waals surface area (Å²) >= 11 is 0. The minimum atomic E-state index is -0.272. The third-order valence-corrected chi connectivity index (χ3v) is 3.44. The zero-order valence-electron chi connectivity index (χ0n) is 11.9. The molecule has 0 aliphatic rings. The maximum Gasteiger partial charge on any atom is 0.178 e. The largest absolute Gasteiger partial charge is 0.321 e. The molecule has 5 nitrogen and oxygen atoms in total. The van der Waals surface area contributed by atoms with E-state index in [1.54, 1.807) is 16.6 Å². The van der Waals surface area contributed by atoms with Gasteiger partial charge in [-0.3, -0.25) is 0 Å². The molecule has 2 N–H and O–H groups in total. The van der Waals surface area contributed by atoms with Gasteiger partial charge in [0.05, 0.1) is 11.7 Å². The summed E-state index contributed by atoms with van der Waals surface area (Å²) in [6.07, 6.45) is 0. The first-order chi connectivity index (χ1) is 10.1. The fourth-order valence-electron chi connectivity index (χ4n) is 2.09. The van der Waals surface area contributed by atoms with E-state index in [1.165, 1.54) is 12.1 Å². The van der Waals surface area contributed by atoms with Gasteiger partial charge in [0.25, 0.3) is 0 Å². The van der Waals surface area contributed by atoms with E-state index in [2.05, 4.69) is 15.3 Å². The first-order valence-electron chi connectivity index (χ1n) is 6.80. The molecule has 0 aliphatic heterocycles. The van der Waals surface area contributed by atoms with Gasteiger partial charge in [-0.05, 0) is 42.3 Å². The average Bonchev–Trinajstić information content (AvgIpc) is 2.90. The van der Waals surface area contributed by atoms with Crippen molar-refractivity contribution >= 4 is 5.65 Å². The van der Waals surface area contributed by atoms with Gasteiger partial charge in [0.1, 0.15) is 5.82 Å². The highest BCUT2D eigenvalue weighted by Gasteiger charge is 2.18. The van der Waals surface area contributed by atoms with Gasteiger partial charge in [-0.1, -0.05) is 13.8 Å². The van der Waals surface area contributed by atoms with Crippen molar-refractivity contribution in [1.82, 2.24) is 19.8 Å². The summed E-state index contributed by atoms with van der Waals surface area (Å²) in [5.74, 6) is 0.587. The standard InChI is InChI=1S/C15H16FN5/c1-9(2)14(17)15-19-18-13-8-7-12(20-21(13)15)10-3-5-11(16)6-4-10/h3-9,14H,17H2,1-2H3/t14-/m1/s1. The lowest BCUT2D eigenvalue weighted by Gasteiger charge is -2.13. The van der Waals surface area contributed by atoms with Gasteiger partial charge in [-0.15, -0.1) is 10.2 Å². The van der Waals surface area contributed by atoms with Crippen LogP contribution in [0, 0.1) is 11.7 Å². The van der Waals surface area contributed by atoms with Crippen LogP contribution in [0.1, 0.15) is 25.7 Å². The lowest BCUT2D eigenvalue weighted by molar-refractivity contribution is 0.480. The number of benzene rings is 1. The predicted molar refractivity (Wildman–Crippen MR) is 77.9 cm³/mol. The van der Waals surface area contributed by atoms with Crippen molar-refractivity contribution in [3.05, 3.63) is 48.0 Å². The summed E-state index contributed by atoms with van der Waals surface area (Å²) < 4.78 is 14.7. The fourth-order valence-corrected chi connectivity index (χ4v) is 2.09. The summed E-state index contributed by atoms with van der Waals surface area (Å²) in [5.41, 5.74) is 8.34.